The minimum atomic E-state index is 0.329. The second-order valence-electron chi connectivity index (χ2n) is 5.89. The minimum absolute atomic E-state index is 0.329. The third-order valence-electron chi connectivity index (χ3n) is 4.47. The molecule has 1 heterocycles. The fourth-order valence-electron chi connectivity index (χ4n) is 3.14. The number of halogens is 1. The number of hydrogen-bond donors (Lipinski definition) is 1. The summed E-state index contributed by atoms with van der Waals surface area (Å²) < 4.78 is 5.26. The van der Waals surface area contributed by atoms with E-state index in [-0.39, 0.29) is 0 Å². The number of nitrogens with zero attached hydrogens (tertiary/aromatic N) is 1. The van der Waals surface area contributed by atoms with Gasteiger partial charge in [-0.05, 0) is 63.5 Å². The molecule has 0 bridgehead atoms. The maximum absolute atomic E-state index is 6.31. The number of ether oxygens (including phenoxy) is 1. The van der Waals surface area contributed by atoms with Crippen molar-refractivity contribution in [2.75, 3.05) is 40.4 Å². The molecule has 1 atom stereocenters. The van der Waals surface area contributed by atoms with Crippen molar-refractivity contribution in [1.29, 1.82) is 0 Å². The summed E-state index contributed by atoms with van der Waals surface area (Å²) in [4.78, 5) is 2.56. The van der Waals surface area contributed by atoms with Gasteiger partial charge in [0.1, 0.15) is 0 Å². The fraction of sp³-hybridized carbons (Fsp3) is 0.647. The second kappa shape index (κ2) is 8.74. The summed E-state index contributed by atoms with van der Waals surface area (Å²) in [6.07, 6.45) is 3.60. The summed E-state index contributed by atoms with van der Waals surface area (Å²) in [7, 11) is 3.81. The molecule has 0 aromatic heterocycles. The Labute approximate surface area is 133 Å². The van der Waals surface area contributed by atoms with E-state index in [1.165, 1.54) is 31.5 Å². The zero-order valence-corrected chi connectivity index (χ0v) is 13.9. The predicted molar refractivity (Wildman–Crippen MR) is 88.9 cm³/mol. The highest BCUT2D eigenvalue weighted by Gasteiger charge is 2.20. The van der Waals surface area contributed by atoms with Gasteiger partial charge in [-0.15, -0.1) is 0 Å². The Hall–Kier alpha value is -0.610. The summed E-state index contributed by atoms with van der Waals surface area (Å²) in [6, 6.07) is 8.46. The van der Waals surface area contributed by atoms with Crippen molar-refractivity contribution in [3.05, 3.63) is 34.9 Å². The Balaban J connectivity index is 1.81. The molecule has 1 aromatic carbocycles. The number of nitrogens with one attached hydrogen (secondary N) is 1. The maximum atomic E-state index is 6.31. The second-order valence-corrected chi connectivity index (χ2v) is 6.30. The van der Waals surface area contributed by atoms with Crippen LogP contribution in [0.5, 0.6) is 0 Å². The quantitative estimate of drug-likeness (QED) is 0.836. The van der Waals surface area contributed by atoms with Crippen LogP contribution >= 0.6 is 11.6 Å². The predicted octanol–water partition coefficient (Wildman–Crippen LogP) is 3.35. The normalized spacial score (nSPS) is 18.8. The van der Waals surface area contributed by atoms with Crippen LogP contribution in [0.1, 0.15) is 30.9 Å². The van der Waals surface area contributed by atoms with Crippen molar-refractivity contribution in [3.8, 4) is 0 Å². The molecule has 118 valence electrons. The van der Waals surface area contributed by atoms with Gasteiger partial charge < -0.3 is 15.0 Å². The van der Waals surface area contributed by atoms with E-state index in [4.69, 9.17) is 16.3 Å². The molecule has 0 amide bonds. The van der Waals surface area contributed by atoms with Crippen LogP contribution in [-0.2, 0) is 4.74 Å². The summed E-state index contributed by atoms with van der Waals surface area (Å²) >= 11 is 6.31. The van der Waals surface area contributed by atoms with Crippen molar-refractivity contribution >= 4 is 11.6 Å². The lowest BCUT2D eigenvalue weighted by atomic mass is 9.97. The lowest BCUT2D eigenvalue weighted by Crippen LogP contribution is -2.36. The molecule has 1 N–H and O–H groups in total. The van der Waals surface area contributed by atoms with Gasteiger partial charge in [-0.1, -0.05) is 29.8 Å². The molecule has 4 heteroatoms. The number of hydrogen-bond acceptors (Lipinski definition) is 3. The standard InChI is InChI=1S/C17H27ClN2O/c1-19-17(15-5-3-4-6-16(15)18)9-12-20-10-7-14(8-11-20)13-21-2/h3-6,14,17,19H,7-13H2,1-2H3. The average Bonchev–Trinajstić information content (AvgIpc) is 2.51. The SMILES string of the molecule is CNC(CCN1CCC(COC)CC1)c1ccccc1Cl. The Kier molecular flexibility index (Phi) is 6.97. The molecule has 1 aromatic rings. The third kappa shape index (κ3) is 4.96. The largest absolute Gasteiger partial charge is 0.384 e. The Morgan fingerprint density at radius 2 is 2.05 bits per heavy atom. The van der Waals surface area contributed by atoms with Crippen LogP contribution < -0.4 is 5.32 Å². The molecule has 1 aliphatic rings. The van der Waals surface area contributed by atoms with E-state index in [2.05, 4.69) is 22.3 Å². The number of likely N-dealkylation sites (tertiary alicyclic amines) is 1. The fourth-order valence-corrected chi connectivity index (χ4v) is 3.40. The van der Waals surface area contributed by atoms with Crippen LogP contribution in [0.4, 0.5) is 0 Å². The zero-order chi connectivity index (χ0) is 15.1. The topological polar surface area (TPSA) is 24.5 Å². The molecule has 1 unspecified atom stereocenters. The molecule has 21 heavy (non-hydrogen) atoms. The van der Waals surface area contributed by atoms with E-state index in [9.17, 15) is 0 Å². The van der Waals surface area contributed by atoms with Gasteiger partial charge in [0.05, 0.1) is 0 Å². The monoisotopic (exact) mass is 310 g/mol. The van der Waals surface area contributed by atoms with Crippen LogP contribution in [-0.4, -0.2) is 45.3 Å². The van der Waals surface area contributed by atoms with Gasteiger partial charge in [0.2, 0.25) is 0 Å². The van der Waals surface area contributed by atoms with Crippen molar-refractivity contribution in [1.82, 2.24) is 10.2 Å². The molecule has 0 radical (unpaired) electrons. The van der Waals surface area contributed by atoms with Crippen molar-refractivity contribution in [3.63, 3.8) is 0 Å². The molecule has 1 saturated heterocycles. The molecule has 0 saturated carbocycles. The summed E-state index contributed by atoms with van der Waals surface area (Å²) in [5.41, 5.74) is 1.20. The highest BCUT2D eigenvalue weighted by molar-refractivity contribution is 6.31. The molecule has 0 aliphatic carbocycles. The summed E-state index contributed by atoms with van der Waals surface area (Å²) in [6.45, 7) is 4.41. The Morgan fingerprint density at radius 1 is 1.33 bits per heavy atom. The van der Waals surface area contributed by atoms with Gasteiger partial charge in [-0.25, -0.2) is 0 Å². The molecule has 1 aliphatic heterocycles. The minimum Gasteiger partial charge on any atom is -0.384 e. The van der Waals surface area contributed by atoms with Crippen LogP contribution in [0.25, 0.3) is 0 Å². The molecule has 3 nitrogen and oxygen atoms in total. The first kappa shape index (κ1) is 16.8. The van der Waals surface area contributed by atoms with Gasteiger partial charge in [0, 0.05) is 24.8 Å². The smallest absolute Gasteiger partial charge is 0.0491 e. The molecule has 0 spiro atoms. The highest BCUT2D eigenvalue weighted by Crippen LogP contribution is 2.26. The van der Waals surface area contributed by atoms with Crippen LogP contribution in [0, 0.1) is 5.92 Å². The Morgan fingerprint density at radius 3 is 2.67 bits per heavy atom. The first-order chi connectivity index (χ1) is 10.2. The molecular weight excluding hydrogens is 284 g/mol. The van der Waals surface area contributed by atoms with Crippen LogP contribution in [0.15, 0.2) is 24.3 Å². The molecular formula is C17H27ClN2O. The van der Waals surface area contributed by atoms with E-state index in [1.807, 2.05) is 19.2 Å². The van der Waals surface area contributed by atoms with Crippen molar-refractivity contribution < 1.29 is 4.74 Å². The van der Waals surface area contributed by atoms with Gasteiger partial charge >= 0.3 is 0 Å². The van der Waals surface area contributed by atoms with E-state index in [0.29, 0.717) is 6.04 Å². The van der Waals surface area contributed by atoms with Gasteiger partial charge in [0.15, 0.2) is 0 Å². The van der Waals surface area contributed by atoms with E-state index < -0.39 is 0 Å². The first-order valence-electron chi connectivity index (χ1n) is 7.87. The lowest BCUT2D eigenvalue weighted by Gasteiger charge is -2.32. The number of benzene rings is 1. The van der Waals surface area contributed by atoms with Crippen molar-refractivity contribution in [2.45, 2.75) is 25.3 Å². The first-order valence-corrected chi connectivity index (χ1v) is 8.25. The lowest BCUT2D eigenvalue weighted by molar-refractivity contribution is 0.0979. The van der Waals surface area contributed by atoms with E-state index in [0.717, 1.165) is 30.5 Å². The highest BCUT2D eigenvalue weighted by atomic mass is 35.5. The average molecular weight is 311 g/mol. The zero-order valence-electron chi connectivity index (χ0n) is 13.1. The van der Waals surface area contributed by atoms with Crippen molar-refractivity contribution in [2.24, 2.45) is 5.92 Å². The number of rotatable bonds is 7. The van der Waals surface area contributed by atoms with Crippen LogP contribution in [0.3, 0.4) is 0 Å². The number of piperidine rings is 1. The third-order valence-corrected chi connectivity index (χ3v) is 4.82. The molecule has 2 rings (SSSR count). The van der Waals surface area contributed by atoms with Gasteiger partial charge in [-0.3, -0.25) is 0 Å². The maximum Gasteiger partial charge on any atom is 0.0491 e. The Bertz CT molecular complexity index is 419. The number of methoxy groups -OCH3 is 1. The van der Waals surface area contributed by atoms with Crippen LogP contribution in [0.2, 0.25) is 5.02 Å². The van der Waals surface area contributed by atoms with Gasteiger partial charge in [-0.2, -0.15) is 0 Å². The summed E-state index contributed by atoms with van der Waals surface area (Å²) in [5, 5.41) is 4.25. The van der Waals surface area contributed by atoms with Gasteiger partial charge in [0.25, 0.3) is 0 Å². The van der Waals surface area contributed by atoms with E-state index >= 15 is 0 Å². The summed E-state index contributed by atoms with van der Waals surface area (Å²) in [5.74, 6) is 0.745. The molecule has 1 fully saturated rings. The van der Waals surface area contributed by atoms with E-state index in [1.54, 1.807) is 7.11 Å².